The summed E-state index contributed by atoms with van der Waals surface area (Å²) in [7, 11) is 1.56. The van der Waals surface area contributed by atoms with Crippen LogP contribution in [0.1, 0.15) is 37.3 Å². The maximum absolute atomic E-state index is 12.9. The van der Waals surface area contributed by atoms with Crippen LogP contribution in [0, 0.1) is 11.8 Å². The number of nitrogens with two attached hydrogens (primary N) is 1. The molecule has 3 nitrogen and oxygen atoms in total. The lowest BCUT2D eigenvalue weighted by Gasteiger charge is -2.35. The quantitative estimate of drug-likeness (QED) is 0.660. The number of ether oxygens (including phenoxy) is 1. The Morgan fingerprint density at radius 2 is 2.10 bits per heavy atom. The van der Waals surface area contributed by atoms with E-state index in [1.54, 1.807) is 13.2 Å². The van der Waals surface area contributed by atoms with Crippen LogP contribution in [0.25, 0.3) is 0 Å². The Morgan fingerprint density at radius 1 is 1.33 bits per heavy atom. The molecule has 21 heavy (non-hydrogen) atoms. The lowest BCUT2D eigenvalue weighted by molar-refractivity contribution is -0.186. The molecule has 1 saturated carbocycles. The first-order chi connectivity index (χ1) is 9.95. The standard InChI is InChI=1S/C15H21F3N2O/c1-21-13-7-3-5-11(9-13)14(20-19)10-4-2-6-12(8-10)15(16,17)18/h3,5,7,9-10,12,14,20H,2,4,6,8,19H2,1H3. The lowest BCUT2D eigenvalue weighted by Crippen LogP contribution is -2.38. The molecule has 0 heterocycles. The van der Waals surface area contributed by atoms with Crippen molar-refractivity contribution in [2.24, 2.45) is 17.7 Å². The van der Waals surface area contributed by atoms with Crippen molar-refractivity contribution >= 4 is 0 Å². The molecule has 0 bridgehead atoms. The fourth-order valence-corrected chi connectivity index (χ4v) is 3.17. The third-order valence-corrected chi connectivity index (χ3v) is 4.28. The van der Waals surface area contributed by atoms with Crippen LogP contribution in [0.5, 0.6) is 5.75 Å². The van der Waals surface area contributed by atoms with Crippen molar-refractivity contribution < 1.29 is 17.9 Å². The molecule has 0 amide bonds. The van der Waals surface area contributed by atoms with Gasteiger partial charge >= 0.3 is 6.18 Å². The molecular formula is C15H21F3N2O. The first kappa shape index (κ1) is 16.1. The second kappa shape index (κ2) is 6.66. The highest BCUT2D eigenvalue weighted by Gasteiger charge is 2.43. The Labute approximate surface area is 122 Å². The Hall–Kier alpha value is -1.27. The summed E-state index contributed by atoms with van der Waals surface area (Å²) in [4.78, 5) is 0. The van der Waals surface area contributed by atoms with Crippen molar-refractivity contribution in [1.82, 2.24) is 5.43 Å². The van der Waals surface area contributed by atoms with E-state index in [2.05, 4.69) is 5.43 Å². The second-order valence-electron chi connectivity index (χ2n) is 5.59. The zero-order valence-corrected chi connectivity index (χ0v) is 12.0. The van der Waals surface area contributed by atoms with Crippen molar-refractivity contribution in [2.45, 2.75) is 37.9 Å². The summed E-state index contributed by atoms with van der Waals surface area (Å²) in [5.41, 5.74) is 3.55. The molecule has 1 fully saturated rings. The third-order valence-electron chi connectivity index (χ3n) is 4.28. The molecule has 118 valence electrons. The van der Waals surface area contributed by atoms with Gasteiger partial charge in [0.1, 0.15) is 5.75 Å². The third kappa shape index (κ3) is 3.89. The summed E-state index contributed by atoms with van der Waals surface area (Å²) in [5.74, 6) is 4.94. The number of nitrogens with one attached hydrogen (secondary N) is 1. The van der Waals surface area contributed by atoms with Gasteiger partial charge in [0.25, 0.3) is 0 Å². The average Bonchev–Trinajstić information content (AvgIpc) is 2.48. The number of alkyl halides is 3. The highest BCUT2D eigenvalue weighted by Crippen LogP contribution is 2.43. The Balaban J connectivity index is 2.16. The summed E-state index contributed by atoms with van der Waals surface area (Å²) >= 11 is 0. The van der Waals surface area contributed by atoms with Crippen molar-refractivity contribution in [3.05, 3.63) is 29.8 Å². The van der Waals surface area contributed by atoms with E-state index in [0.717, 1.165) is 12.0 Å². The summed E-state index contributed by atoms with van der Waals surface area (Å²) in [5, 5.41) is 0. The van der Waals surface area contributed by atoms with Gasteiger partial charge in [-0.15, -0.1) is 0 Å². The smallest absolute Gasteiger partial charge is 0.391 e. The Bertz CT molecular complexity index is 464. The molecule has 0 spiro atoms. The SMILES string of the molecule is COc1cccc(C(NN)C2CCCC(C(F)(F)F)C2)c1. The minimum atomic E-state index is -4.12. The number of rotatable bonds is 4. The van der Waals surface area contributed by atoms with Gasteiger partial charge in [0.15, 0.2) is 0 Å². The molecule has 0 aromatic heterocycles. The summed E-state index contributed by atoms with van der Waals surface area (Å²) in [6.07, 6.45) is -2.45. The lowest BCUT2D eigenvalue weighted by atomic mass is 9.76. The van der Waals surface area contributed by atoms with E-state index < -0.39 is 12.1 Å². The van der Waals surface area contributed by atoms with Gasteiger partial charge in [0, 0.05) is 6.04 Å². The van der Waals surface area contributed by atoms with Crippen LogP contribution in [0.3, 0.4) is 0 Å². The Morgan fingerprint density at radius 3 is 2.71 bits per heavy atom. The monoisotopic (exact) mass is 302 g/mol. The largest absolute Gasteiger partial charge is 0.497 e. The topological polar surface area (TPSA) is 47.3 Å². The van der Waals surface area contributed by atoms with Crippen LogP contribution in [-0.4, -0.2) is 13.3 Å². The fraction of sp³-hybridized carbons (Fsp3) is 0.600. The number of hydrazine groups is 1. The normalized spacial score (nSPS) is 24.6. The van der Waals surface area contributed by atoms with Gasteiger partial charge in [0.05, 0.1) is 13.0 Å². The summed E-state index contributed by atoms with van der Waals surface area (Å²) in [6.45, 7) is 0. The molecule has 1 aromatic rings. The molecular weight excluding hydrogens is 281 g/mol. The van der Waals surface area contributed by atoms with Crippen LogP contribution in [0.2, 0.25) is 0 Å². The Kier molecular flexibility index (Phi) is 5.11. The van der Waals surface area contributed by atoms with E-state index in [1.165, 1.54) is 0 Å². The fourth-order valence-electron chi connectivity index (χ4n) is 3.17. The van der Waals surface area contributed by atoms with Crippen LogP contribution in [0.15, 0.2) is 24.3 Å². The van der Waals surface area contributed by atoms with Crippen molar-refractivity contribution in [3.8, 4) is 5.75 Å². The molecule has 3 N–H and O–H groups in total. The molecule has 3 atom stereocenters. The van der Waals surface area contributed by atoms with Crippen LogP contribution < -0.4 is 16.0 Å². The highest BCUT2D eigenvalue weighted by atomic mass is 19.4. The molecule has 1 aromatic carbocycles. The van der Waals surface area contributed by atoms with Crippen molar-refractivity contribution in [1.29, 1.82) is 0 Å². The minimum Gasteiger partial charge on any atom is -0.497 e. The van der Waals surface area contributed by atoms with Gasteiger partial charge < -0.3 is 4.74 Å². The van der Waals surface area contributed by atoms with E-state index >= 15 is 0 Å². The molecule has 0 saturated heterocycles. The van der Waals surface area contributed by atoms with Crippen molar-refractivity contribution in [3.63, 3.8) is 0 Å². The number of halogens is 3. The molecule has 6 heteroatoms. The van der Waals surface area contributed by atoms with E-state index in [0.29, 0.717) is 12.2 Å². The number of methoxy groups -OCH3 is 1. The highest BCUT2D eigenvalue weighted by molar-refractivity contribution is 5.31. The zero-order valence-electron chi connectivity index (χ0n) is 12.0. The molecule has 2 rings (SSSR count). The van der Waals surface area contributed by atoms with Gasteiger partial charge in [-0.1, -0.05) is 18.6 Å². The maximum atomic E-state index is 12.9. The molecule has 3 unspecified atom stereocenters. The van der Waals surface area contributed by atoms with E-state index in [9.17, 15) is 13.2 Å². The van der Waals surface area contributed by atoms with E-state index in [-0.39, 0.29) is 24.8 Å². The van der Waals surface area contributed by atoms with Crippen molar-refractivity contribution in [2.75, 3.05) is 7.11 Å². The number of hydrogen-bond acceptors (Lipinski definition) is 3. The molecule has 0 aliphatic heterocycles. The average molecular weight is 302 g/mol. The van der Waals surface area contributed by atoms with Gasteiger partial charge in [-0.25, -0.2) is 0 Å². The van der Waals surface area contributed by atoms with Crippen LogP contribution in [0.4, 0.5) is 13.2 Å². The second-order valence-corrected chi connectivity index (χ2v) is 5.59. The van der Waals surface area contributed by atoms with Gasteiger partial charge in [0.2, 0.25) is 0 Å². The van der Waals surface area contributed by atoms with Gasteiger partial charge in [-0.2, -0.15) is 13.2 Å². The number of benzene rings is 1. The summed E-state index contributed by atoms with van der Waals surface area (Å²) in [6, 6.07) is 7.02. The van der Waals surface area contributed by atoms with Gasteiger partial charge in [-0.3, -0.25) is 11.3 Å². The predicted molar refractivity (Wildman–Crippen MR) is 74.6 cm³/mol. The van der Waals surface area contributed by atoms with E-state index in [1.807, 2.05) is 18.2 Å². The predicted octanol–water partition coefficient (Wildman–Crippen LogP) is 3.57. The first-order valence-corrected chi connectivity index (χ1v) is 7.12. The minimum absolute atomic E-state index is 0.121. The molecule has 0 radical (unpaired) electrons. The zero-order chi connectivity index (χ0) is 15.5. The summed E-state index contributed by atoms with van der Waals surface area (Å²) < 4.78 is 44.0. The van der Waals surface area contributed by atoms with E-state index in [4.69, 9.17) is 10.6 Å². The molecule has 1 aliphatic rings. The first-order valence-electron chi connectivity index (χ1n) is 7.12. The van der Waals surface area contributed by atoms with Crippen LogP contribution >= 0.6 is 0 Å². The van der Waals surface area contributed by atoms with Crippen LogP contribution in [-0.2, 0) is 0 Å². The maximum Gasteiger partial charge on any atom is 0.391 e. The molecule has 1 aliphatic carbocycles. The van der Waals surface area contributed by atoms with Gasteiger partial charge in [-0.05, 0) is 42.9 Å². The number of hydrogen-bond donors (Lipinski definition) is 2.